The van der Waals surface area contributed by atoms with Crippen LogP contribution in [0.15, 0.2) is 12.1 Å². The summed E-state index contributed by atoms with van der Waals surface area (Å²) in [5, 5.41) is 23.3. The normalized spacial score (nSPS) is 13.7. The molecule has 2 N–H and O–H groups in total. The van der Waals surface area contributed by atoms with E-state index in [9.17, 15) is 9.90 Å². The van der Waals surface area contributed by atoms with Crippen molar-refractivity contribution in [2.45, 2.75) is 114 Å². The van der Waals surface area contributed by atoms with Crippen molar-refractivity contribution in [2.75, 3.05) is 24.6 Å². The highest BCUT2D eigenvalue weighted by atomic mass is 19.1. The molecule has 4 rings (SSSR count). The molecule has 244 valence electrons. The number of fused-ring (bicyclic) bond motifs is 2. The standard InChI is InChI=1S/C31H43FN4O3.C4H10O/c1-19-21-10-9-15-39-29(21)24(32)16-22(19)28-23(17-27(37)38)20(2)33-25-18-26(34-36(25)28)35(13-11-30(3,4)5)14-12-31(6,7)8;1-4(2,3)5/h16,18H,9-15,17H2,1-8H3,(H,37,38);5H,1-3H3. The molecule has 0 unspecified atom stereocenters. The van der Waals surface area contributed by atoms with E-state index in [1.54, 1.807) is 25.3 Å². The molecule has 0 saturated heterocycles. The highest BCUT2D eigenvalue weighted by Crippen LogP contribution is 2.39. The first-order valence-electron chi connectivity index (χ1n) is 15.7. The molecule has 2 aromatic heterocycles. The first kappa shape index (κ1) is 35.3. The minimum atomic E-state index is -0.968. The number of ether oxygens (including phenoxy) is 1. The third-order valence-corrected chi connectivity index (χ3v) is 7.50. The highest BCUT2D eigenvalue weighted by molar-refractivity contribution is 5.79. The molecule has 0 amide bonds. The Morgan fingerprint density at radius 3 is 2.11 bits per heavy atom. The van der Waals surface area contributed by atoms with Gasteiger partial charge in [-0.25, -0.2) is 13.9 Å². The van der Waals surface area contributed by atoms with Crippen molar-refractivity contribution in [1.29, 1.82) is 0 Å². The van der Waals surface area contributed by atoms with Crippen LogP contribution >= 0.6 is 0 Å². The van der Waals surface area contributed by atoms with Crippen LogP contribution in [0.2, 0.25) is 0 Å². The topological polar surface area (TPSA) is 100 Å². The van der Waals surface area contributed by atoms with Crippen LogP contribution in [0.5, 0.6) is 5.75 Å². The maximum Gasteiger partial charge on any atom is 0.307 e. The number of carboxylic acids is 1. The molecule has 0 atom stereocenters. The van der Waals surface area contributed by atoms with E-state index in [0.717, 1.165) is 49.3 Å². The number of aryl methyl sites for hydroxylation is 1. The average Bonchev–Trinajstić information content (AvgIpc) is 3.27. The molecule has 0 bridgehead atoms. The van der Waals surface area contributed by atoms with Gasteiger partial charge in [0.2, 0.25) is 0 Å². The lowest BCUT2D eigenvalue weighted by Crippen LogP contribution is -2.31. The first-order valence-corrected chi connectivity index (χ1v) is 15.7. The van der Waals surface area contributed by atoms with Crippen LogP contribution in [-0.4, -0.2) is 56.1 Å². The Bertz CT molecular complexity index is 1450. The van der Waals surface area contributed by atoms with Crippen molar-refractivity contribution in [3.05, 3.63) is 40.3 Å². The number of aromatic nitrogens is 3. The Labute approximate surface area is 262 Å². The minimum Gasteiger partial charge on any atom is -0.490 e. The fourth-order valence-corrected chi connectivity index (χ4v) is 5.12. The second kappa shape index (κ2) is 13.4. The summed E-state index contributed by atoms with van der Waals surface area (Å²) in [6, 6.07) is 3.44. The number of nitrogens with zero attached hydrogens (tertiary/aromatic N) is 4. The van der Waals surface area contributed by atoms with Crippen molar-refractivity contribution in [1.82, 2.24) is 14.6 Å². The molecule has 1 aliphatic rings. The van der Waals surface area contributed by atoms with E-state index in [4.69, 9.17) is 19.9 Å². The van der Waals surface area contributed by atoms with E-state index < -0.39 is 17.4 Å². The number of carbonyl (C=O) groups is 1. The smallest absolute Gasteiger partial charge is 0.307 e. The van der Waals surface area contributed by atoms with Crippen LogP contribution in [0.4, 0.5) is 10.2 Å². The van der Waals surface area contributed by atoms with Gasteiger partial charge in [-0.05, 0) is 82.8 Å². The molecule has 0 spiro atoms. The van der Waals surface area contributed by atoms with Gasteiger partial charge in [0, 0.05) is 41.5 Å². The van der Waals surface area contributed by atoms with Gasteiger partial charge in [0.05, 0.1) is 24.3 Å². The van der Waals surface area contributed by atoms with Crippen LogP contribution in [0.1, 0.15) is 104 Å². The molecular formula is C35H53FN4O4. The molecule has 0 fully saturated rings. The lowest BCUT2D eigenvalue weighted by atomic mass is 9.90. The second-order valence-corrected chi connectivity index (χ2v) is 15.4. The molecule has 3 heterocycles. The molecule has 0 radical (unpaired) electrons. The number of halogens is 1. The van der Waals surface area contributed by atoms with Gasteiger partial charge in [-0.3, -0.25) is 4.79 Å². The molecule has 0 saturated carbocycles. The van der Waals surface area contributed by atoms with Crippen molar-refractivity contribution >= 4 is 17.4 Å². The Hall–Kier alpha value is -3.20. The Morgan fingerprint density at radius 2 is 1.59 bits per heavy atom. The lowest BCUT2D eigenvalue weighted by molar-refractivity contribution is -0.136. The van der Waals surface area contributed by atoms with Gasteiger partial charge in [-0.15, -0.1) is 5.10 Å². The summed E-state index contributed by atoms with van der Waals surface area (Å²) in [6.45, 7) is 24.6. The van der Waals surface area contributed by atoms with Gasteiger partial charge in [0.25, 0.3) is 0 Å². The quantitative estimate of drug-likeness (QED) is 0.271. The number of carboxylic acid groups (broad SMARTS) is 1. The number of aliphatic carboxylic acids is 1. The van der Waals surface area contributed by atoms with Crippen LogP contribution in [0.25, 0.3) is 16.9 Å². The third kappa shape index (κ3) is 9.65. The predicted molar refractivity (Wildman–Crippen MR) is 175 cm³/mol. The summed E-state index contributed by atoms with van der Waals surface area (Å²) in [4.78, 5) is 19.0. The summed E-state index contributed by atoms with van der Waals surface area (Å²) in [5.74, 6) is -0.299. The van der Waals surface area contributed by atoms with Gasteiger partial charge in [0.15, 0.2) is 23.0 Å². The molecule has 0 aliphatic carbocycles. The molecule has 1 aliphatic heterocycles. The number of aliphatic hydroxyl groups is 1. The zero-order valence-electron chi connectivity index (χ0n) is 28.7. The van der Waals surface area contributed by atoms with E-state index in [2.05, 4.69) is 46.4 Å². The minimum absolute atomic E-state index is 0.160. The molecule has 8 nitrogen and oxygen atoms in total. The largest absolute Gasteiger partial charge is 0.490 e. The maximum absolute atomic E-state index is 15.4. The average molecular weight is 613 g/mol. The molecule has 44 heavy (non-hydrogen) atoms. The van der Waals surface area contributed by atoms with Crippen LogP contribution in [-0.2, 0) is 17.6 Å². The van der Waals surface area contributed by atoms with Gasteiger partial charge >= 0.3 is 5.97 Å². The van der Waals surface area contributed by atoms with Crippen LogP contribution in [0, 0.1) is 30.5 Å². The Balaban J connectivity index is 0.000000978. The summed E-state index contributed by atoms with van der Waals surface area (Å²) in [6.07, 6.45) is 3.27. The fraction of sp³-hybridized carbons (Fsp3) is 0.629. The number of benzene rings is 1. The van der Waals surface area contributed by atoms with Gasteiger partial charge < -0.3 is 19.8 Å². The lowest BCUT2D eigenvalue weighted by Gasteiger charge is -2.29. The fourth-order valence-electron chi connectivity index (χ4n) is 5.12. The maximum atomic E-state index is 15.4. The zero-order valence-corrected chi connectivity index (χ0v) is 28.7. The second-order valence-electron chi connectivity index (χ2n) is 15.4. The number of hydrogen-bond acceptors (Lipinski definition) is 6. The first-order chi connectivity index (χ1) is 20.1. The summed E-state index contributed by atoms with van der Waals surface area (Å²) < 4.78 is 22.7. The summed E-state index contributed by atoms with van der Waals surface area (Å²) >= 11 is 0. The van der Waals surface area contributed by atoms with Crippen molar-refractivity contribution in [2.24, 2.45) is 10.8 Å². The van der Waals surface area contributed by atoms with E-state index in [1.165, 1.54) is 6.07 Å². The number of hydrogen-bond donors (Lipinski definition) is 2. The van der Waals surface area contributed by atoms with E-state index >= 15 is 4.39 Å². The Kier molecular flexibility index (Phi) is 10.8. The van der Waals surface area contributed by atoms with Gasteiger partial charge in [-0.1, -0.05) is 41.5 Å². The SMILES string of the molecule is CC(C)(C)O.Cc1nc2cc(N(CCC(C)(C)C)CCC(C)(C)C)nn2c(-c2cc(F)c3c(c2C)CCCO3)c1CC(=O)O. The molecule has 3 aromatic rings. The monoisotopic (exact) mass is 612 g/mol. The number of anilines is 1. The summed E-state index contributed by atoms with van der Waals surface area (Å²) in [7, 11) is 0. The molecule has 1 aromatic carbocycles. The Morgan fingerprint density at radius 1 is 1.02 bits per heavy atom. The van der Waals surface area contributed by atoms with E-state index in [1.807, 2.05) is 19.9 Å². The molecule has 9 heteroatoms. The summed E-state index contributed by atoms with van der Waals surface area (Å²) in [5.41, 5.74) is 4.54. The van der Waals surface area contributed by atoms with Crippen molar-refractivity contribution in [3.63, 3.8) is 0 Å². The van der Waals surface area contributed by atoms with Gasteiger partial charge in [0.1, 0.15) is 0 Å². The predicted octanol–water partition coefficient (Wildman–Crippen LogP) is 7.56. The van der Waals surface area contributed by atoms with Gasteiger partial charge in [-0.2, -0.15) is 0 Å². The van der Waals surface area contributed by atoms with Crippen molar-refractivity contribution < 1.29 is 24.1 Å². The highest BCUT2D eigenvalue weighted by Gasteiger charge is 2.27. The van der Waals surface area contributed by atoms with Crippen LogP contribution < -0.4 is 9.64 Å². The zero-order chi connectivity index (χ0) is 33.2. The molecular weight excluding hydrogens is 559 g/mol. The van der Waals surface area contributed by atoms with Crippen molar-refractivity contribution in [3.8, 4) is 17.0 Å². The third-order valence-electron chi connectivity index (χ3n) is 7.50. The van der Waals surface area contributed by atoms with E-state index in [-0.39, 0.29) is 17.3 Å². The van der Waals surface area contributed by atoms with Crippen LogP contribution in [0.3, 0.4) is 0 Å². The van der Waals surface area contributed by atoms with E-state index in [0.29, 0.717) is 46.9 Å². The number of rotatable bonds is 8.